The van der Waals surface area contributed by atoms with Crippen LogP contribution in [0.2, 0.25) is 0 Å². The molecule has 0 saturated carbocycles. The first-order chi connectivity index (χ1) is 7.63. The van der Waals surface area contributed by atoms with Crippen molar-refractivity contribution in [2.24, 2.45) is 0 Å². The molecule has 0 amide bonds. The molecule has 0 fully saturated rings. The van der Waals surface area contributed by atoms with Gasteiger partial charge in [-0.05, 0) is 13.0 Å². The lowest BCUT2D eigenvalue weighted by atomic mass is 9.90. The largest absolute Gasteiger partial charge is 0.461 e. The number of thiol groups is 1. The van der Waals surface area contributed by atoms with Gasteiger partial charge in [-0.25, -0.2) is 0 Å². The summed E-state index contributed by atoms with van der Waals surface area (Å²) in [6.07, 6.45) is 5.71. The van der Waals surface area contributed by atoms with E-state index in [0.717, 1.165) is 27.2 Å². The Morgan fingerprint density at radius 3 is 2.88 bits per heavy atom. The lowest BCUT2D eigenvalue weighted by Crippen LogP contribution is -2.03. The normalized spacial score (nSPS) is 11.4. The van der Waals surface area contributed by atoms with Crippen molar-refractivity contribution in [3.8, 4) is 0 Å². The van der Waals surface area contributed by atoms with Crippen LogP contribution < -0.4 is 5.46 Å². The fraction of sp³-hybridized carbons (Fsp3) is 0.0769. The van der Waals surface area contributed by atoms with Crippen LogP contribution in [0.1, 0.15) is 11.3 Å². The molecule has 1 nitrogen and oxygen atoms in total. The van der Waals surface area contributed by atoms with Crippen LogP contribution in [0, 0.1) is 6.92 Å². The van der Waals surface area contributed by atoms with Crippen molar-refractivity contribution in [1.29, 1.82) is 0 Å². The van der Waals surface area contributed by atoms with E-state index in [-0.39, 0.29) is 0 Å². The zero-order valence-corrected chi connectivity index (χ0v) is 10.3. The van der Waals surface area contributed by atoms with Crippen molar-refractivity contribution in [3.05, 3.63) is 42.2 Å². The number of hydrogen-bond donors (Lipinski definition) is 1. The smallest absolute Gasteiger partial charge is 0.140 e. The number of allylic oxidation sites excluding steroid dienone is 2. The molecule has 0 atom stereocenters. The Kier molecular flexibility index (Phi) is 2.97. The molecule has 0 aliphatic carbocycles. The van der Waals surface area contributed by atoms with Gasteiger partial charge in [0.05, 0.1) is 0 Å². The summed E-state index contributed by atoms with van der Waals surface area (Å²) in [6.45, 7) is 5.65. The summed E-state index contributed by atoms with van der Waals surface area (Å²) in [4.78, 5) is 0.929. The molecule has 1 aromatic heterocycles. The van der Waals surface area contributed by atoms with Crippen LogP contribution in [0.15, 0.2) is 40.2 Å². The van der Waals surface area contributed by atoms with Gasteiger partial charge in [0.15, 0.2) is 0 Å². The first-order valence-corrected chi connectivity index (χ1v) is 5.60. The standard InChI is InChI=1S/C13H13BOS/c1-3-4-5-10-8(2)15-12-7-9(16)6-11(14)13(10)12/h3-7,16H,1,14H2,2H3/b5-4-. The van der Waals surface area contributed by atoms with Crippen molar-refractivity contribution < 1.29 is 4.42 Å². The van der Waals surface area contributed by atoms with Gasteiger partial charge in [0, 0.05) is 15.8 Å². The Bertz CT molecular complexity index is 581. The molecule has 0 aliphatic heterocycles. The van der Waals surface area contributed by atoms with Gasteiger partial charge in [-0.15, -0.1) is 12.6 Å². The van der Waals surface area contributed by atoms with Crippen molar-refractivity contribution >= 4 is 43.0 Å². The molecule has 0 spiro atoms. The van der Waals surface area contributed by atoms with Gasteiger partial charge in [-0.3, -0.25) is 0 Å². The molecule has 80 valence electrons. The maximum atomic E-state index is 5.72. The lowest BCUT2D eigenvalue weighted by molar-refractivity contribution is 0.577. The van der Waals surface area contributed by atoms with Crippen LogP contribution in [0.25, 0.3) is 17.0 Å². The van der Waals surface area contributed by atoms with E-state index < -0.39 is 0 Å². The van der Waals surface area contributed by atoms with Gasteiger partial charge in [0.1, 0.15) is 19.2 Å². The molecule has 16 heavy (non-hydrogen) atoms. The van der Waals surface area contributed by atoms with E-state index in [2.05, 4.69) is 27.1 Å². The van der Waals surface area contributed by atoms with Crippen LogP contribution in [-0.4, -0.2) is 7.85 Å². The Morgan fingerprint density at radius 2 is 2.19 bits per heavy atom. The summed E-state index contributed by atoms with van der Waals surface area (Å²) < 4.78 is 5.72. The Morgan fingerprint density at radius 1 is 1.44 bits per heavy atom. The number of furan rings is 1. The fourth-order valence-electron chi connectivity index (χ4n) is 1.92. The quantitative estimate of drug-likeness (QED) is 0.473. The van der Waals surface area contributed by atoms with Gasteiger partial charge in [-0.2, -0.15) is 0 Å². The molecule has 2 rings (SSSR count). The number of rotatable bonds is 2. The molecule has 1 aromatic carbocycles. The minimum absolute atomic E-state index is 0.895. The lowest BCUT2D eigenvalue weighted by Gasteiger charge is -1.98. The van der Waals surface area contributed by atoms with Crippen molar-refractivity contribution in [2.45, 2.75) is 11.8 Å². The highest BCUT2D eigenvalue weighted by Gasteiger charge is 2.10. The third kappa shape index (κ3) is 1.83. The SMILES string of the molecule is Bc1cc(S)cc2oc(C)c(/C=C\C=C)c12. The van der Waals surface area contributed by atoms with Crippen LogP contribution in [0.3, 0.4) is 0 Å². The molecule has 0 radical (unpaired) electrons. The summed E-state index contributed by atoms with van der Waals surface area (Å²) >= 11 is 4.35. The van der Waals surface area contributed by atoms with Crippen LogP contribution >= 0.6 is 12.6 Å². The van der Waals surface area contributed by atoms with Gasteiger partial charge in [0.2, 0.25) is 0 Å². The van der Waals surface area contributed by atoms with Crippen LogP contribution in [0.4, 0.5) is 0 Å². The molecular weight excluding hydrogens is 215 g/mol. The number of benzene rings is 1. The second kappa shape index (κ2) is 4.26. The summed E-state index contributed by atoms with van der Waals surface area (Å²) in [5.74, 6) is 0.926. The first-order valence-electron chi connectivity index (χ1n) is 5.15. The van der Waals surface area contributed by atoms with Gasteiger partial charge >= 0.3 is 0 Å². The Labute approximate surface area is 102 Å². The molecule has 1 heterocycles. The third-order valence-electron chi connectivity index (χ3n) is 2.59. The van der Waals surface area contributed by atoms with Gasteiger partial charge < -0.3 is 4.42 Å². The molecule has 0 unspecified atom stereocenters. The van der Waals surface area contributed by atoms with Crippen molar-refractivity contribution in [3.63, 3.8) is 0 Å². The van der Waals surface area contributed by atoms with E-state index in [0.29, 0.717) is 0 Å². The van der Waals surface area contributed by atoms with Crippen LogP contribution in [0.5, 0.6) is 0 Å². The fourth-order valence-corrected chi connectivity index (χ4v) is 2.23. The number of fused-ring (bicyclic) bond motifs is 1. The zero-order chi connectivity index (χ0) is 11.7. The molecule has 2 aromatic rings. The topological polar surface area (TPSA) is 13.1 Å². The Balaban J connectivity index is 2.78. The average molecular weight is 228 g/mol. The molecular formula is C13H13BOS. The minimum Gasteiger partial charge on any atom is -0.461 e. The zero-order valence-electron chi connectivity index (χ0n) is 9.45. The van der Waals surface area contributed by atoms with E-state index in [9.17, 15) is 0 Å². The number of hydrogen-bond acceptors (Lipinski definition) is 2. The predicted octanol–water partition coefficient (Wildman–Crippen LogP) is 2.49. The number of aryl methyl sites for hydroxylation is 1. The van der Waals surface area contributed by atoms with Crippen LogP contribution in [-0.2, 0) is 0 Å². The highest BCUT2D eigenvalue weighted by molar-refractivity contribution is 7.80. The van der Waals surface area contributed by atoms with E-state index in [1.54, 1.807) is 6.08 Å². The third-order valence-corrected chi connectivity index (χ3v) is 2.85. The van der Waals surface area contributed by atoms with Gasteiger partial charge in [-0.1, -0.05) is 36.3 Å². The molecule has 0 aliphatic rings. The summed E-state index contributed by atoms with van der Waals surface area (Å²) in [6, 6.07) is 4.00. The van der Waals surface area contributed by atoms with Crippen molar-refractivity contribution in [1.82, 2.24) is 0 Å². The highest BCUT2D eigenvalue weighted by Crippen LogP contribution is 2.26. The first kappa shape index (κ1) is 11.1. The summed E-state index contributed by atoms with van der Waals surface area (Å²) in [7, 11) is 2.07. The van der Waals surface area contributed by atoms with Gasteiger partial charge in [0.25, 0.3) is 0 Å². The van der Waals surface area contributed by atoms with E-state index in [1.807, 2.05) is 31.2 Å². The minimum atomic E-state index is 0.895. The molecule has 0 bridgehead atoms. The maximum Gasteiger partial charge on any atom is 0.140 e. The summed E-state index contributed by atoms with van der Waals surface area (Å²) in [5.41, 5.74) is 3.20. The van der Waals surface area contributed by atoms with E-state index >= 15 is 0 Å². The highest BCUT2D eigenvalue weighted by atomic mass is 32.1. The molecule has 3 heteroatoms. The average Bonchev–Trinajstić information content (AvgIpc) is 2.51. The van der Waals surface area contributed by atoms with E-state index in [1.165, 1.54) is 5.46 Å². The second-order valence-electron chi connectivity index (χ2n) is 3.80. The molecule has 0 N–H and O–H groups in total. The summed E-state index contributed by atoms with van der Waals surface area (Å²) in [5, 5.41) is 1.16. The van der Waals surface area contributed by atoms with Crippen molar-refractivity contribution in [2.75, 3.05) is 0 Å². The monoisotopic (exact) mass is 228 g/mol. The Hall–Kier alpha value is -1.35. The maximum absolute atomic E-state index is 5.72. The second-order valence-corrected chi connectivity index (χ2v) is 4.32. The molecule has 0 saturated heterocycles. The predicted molar refractivity (Wildman–Crippen MR) is 75.6 cm³/mol. The van der Waals surface area contributed by atoms with E-state index in [4.69, 9.17) is 4.42 Å².